The Kier molecular flexibility index (Phi) is 5.48. The Hall–Kier alpha value is -2.63. The SMILES string of the molecule is O=C(Nc1ccccc1Cl)c1ccnc(NCc2ccc(Cl)cc2)n1. The third kappa shape index (κ3) is 4.68. The minimum atomic E-state index is -0.356. The molecule has 1 aromatic heterocycles. The highest BCUT2D eigenvalue weighted by Gasteiger charge is 2.10. The molecule has 126 valence electrons. The summed E-state index contributed by atoms with van der Waals surface area (Å²) >= 11 is 11.9. The Morgan fingerprint density at radius 3 is 2.52 bits per heavy atom. The summed E-state index contributed by atoms with van der Waals surface area (Å²) in [6, 6.07) is 16.0. The van der Waals surface area contributed by atoms with Crippen molar-refractivity contribution < 1.29 is 4.79 Å². The number of nitrogens with zero attached hydrogens (tertiary/aromatic N) is 2. The van der Waals surface area contributed by atoms with E-state index in [1.165, 1.54) is 6.20 Å². The number of para-hydroxylation sites is 1. The summed E-state index contributed by atoms with van der Waals surface area (Å²) in [6.07, 6.45) is 1.53. The normalized spacial score (nSPS) is 10.3. The van der Waals surface area contributed by atoms with Crippen molar-refractivity contribution in [3.05, 3.63) is 82.1 Å². The highest BCUT2D eigenvalue weighted by Crippen LogP contribution is 2.21. The third-order valence-electron chi connectivity index (χ3n) is 3.37. The van der Waals surface area contributed by atoms with Crippen LogP contribution in [0.15, 0.2) is 60.8 Å². The summed E-state index contributed by atoms with van der Waals surface area (Å²) in [5.74, 6) is 0.00630. The van der Waals surface area contributed by atoms with Gasteiger partial charge in [-0.05, 0) is 35.9 Å². The van der Waals surface area contributed by atoms with Gasteiger partial charge in [-0.25, -0.2) is 9.97 Å². The summed E-state index contributed by atoms with van der Waals surface area (Å²) < 4.78 is 0. The Labute approximate surface area is 155 Å². The average molecular weight is 373 g/mol. The molecule has 0 fully saturated rings. The van der Waals surface area contributed by atoms with Gasteiger partial charge in [0.1, 0.15) is 5.69 Å². The summed E-state index contributed by atoms with van der Waals surface area (Å²) in [5, 5.41) is 6.95. The van der Waals surface area contributed by atoms with Gasteiger partial charge in [-0.3, -0.25) is 4.79 Å². The minimum absolute atomic E-state index is 0.244. The van der Waals surface area contributed by atoms with Gasteiger partial charge in [0.25, 0.3) is 5.91 Å². The standard InChI is InChI=1S/C18H14Cl2N4O/c19-13-7-5-12(6-8-13)11-22-18-21-10-9-16(24-18)17(25)23-15-4-2-1-3-14(15)20/h1-10H,11H2,(H,23,25)(H,21,22,24). The first-order valence-corrected chi connectivity index (χ1v) is 8.24. The zero-order valence-electron chi connectivity index (χ0n) is 13.0. The van der Waals surface area contributed by atoms with Gasteiger partial charge in [0, 0.05) is 17.8 Å². The number of rotatable bonds is 5. The van der Waals surface area contributed by atoms with Crippen molar-refractivity contribution in [2.24, 2.45) is 0 Å². The number of carbonyl (C=O) groups is 1. The zero-order chi connectivity index (χ0) is 17.6. The lowest BCUT2D eigenvalue weighted by molar-refractivity contribution is 0.102. The molecule has 0 saturated carbocycles. The van der Waals surface area contributed by atoms with Gasteiger partial charge < -0.3 is 10.6 Å². The molecule has 0 spiro atoms. The third-order valence-corrected chi connectivity index (χ3v) is 3.96. The van der Waals surface area contributed by atoms with Gasteiger partial charge in [-0.15, -0.1) is 0 Å². The van der Waals surface area contributed by atoms with E-state index in [1.54, 1.807) is 30.3 Å². The van der Waals surface area contributed by atoms with E-state index in [2.05, 4.69) is 20.6 Å². The van der Waals surface area contributed by atoms with Crippen LogP contribution in [0.3, 0.4) is 0 Å². The molecule has 0 aliphatic heterocycles. The molecule has 0 aliphatic carbocycles. The monoisotopic (exact) mass is 372 g/mol. The van der Waals surface area contributed by atoms with Crippen LogP contribution in [0.25, 0.3) is 0 Å². The van der Waals surface area contributed by atoms with E-state index in [1.807, 2.05) is 24.3 Å². The number of carbonyl (C=O) groups excluding carboxylic acids is 1. The van der Waals surface area contributed by atoms with Crippen molar-refractivity contribution in [3.63, 3.8) is 0 Å². The van der Waals surface area contributed by atoms with Crippen LogP contribution in [0, 0.1) is 0 Å². The van der Waals surface area contributed by atoms with Gasteiger partial charge in [0.2, 0.25) is 5.95 Å². The molecule has 0 atom stereocenters. The van der Waals surface area contributed by atoms with Crippen molar-refractivity contribution in [1.82, 2.24) is 9.97 Å². The number of halogens is 2. The van der Waals surface area contributed by atoms with Gasteiger partial charge in [-0.1, -0.05) is 47.5 Å². The van der Waals surface area contributed by atoms with Gasteiger partial charge in [0.05, 0.1) is 10.7 Å². The molecule has 0 radical (unpaired) electrons. The number of amides is 1. The van der Waals surface area contributed by atoms with Crippen LogP contribution in [-0.2, 0) is 6.54 Å². The minimum Gasteiger partial charge on any atom is -0.350 e. The lowest BCUT2D eigenvalue weighted by Gasteiger charge is -2.08. The molecule has 25 heavy (non-hydrogen) atoms. The number of aromatic nitrogens is 2. The van der Waals surface area contributed by atoms with Crippen molar-refractivity contribution in [3.8, 4) is 0 Å². The van der Waals surface area contributed by atoms with Crippen molar-refractivity contribution in [2.75, 3.05) is 10.6 Å². The Balaban J connectivity index is 1.67. The molecule has 5 nitrogen and oxygen atoms in total. The van der Waals surface area contributed by atoms with E-state index in [4.69, 9.17) is 23.2 Å². The fourth-order valence-electron chi connectivity index (χ4n) is 2.10. The molecule has 2 N–H and O–H groups in total. The fraction of sp³-hybridized carbons (Fsp3) is 0.0556. The van der Waals surface area contributed by atoms with Crippen LogP contribution < -0.4 is 10.6 Å². The molecule has 0 unspecified atom stereocenters. The lowest BCUT2D eigenvalue weighted by atomic mass is 10.2. The molecule has 1 amide bonds. The van der Waals surface area contributed by atoms with Crippen molar-refractivity contribution in [1.29, 1.82) is 0 Å². The van der Waals surface area contributed by atoms with Crippen molar-refractivity contribution in [2.45, 2.75) is 6.54 Å². The van der Waals surface area contributed by atoms with Crippen LogP contribution in [0.2, 0.25) is 10.0 Å². The van der Waals surface area contributed by atoms with Crippen molar-refractivity contribution >= 4 is 40.7 Å². The van der Waals surface area contributed by atoms with E-state index < -0.39 is 0 Å². The van der Waals surface area contributed by atoms with Crippen LogP contribution in [0.1, 0.15) is 16.1 Å². The first-order valence-electron chi connectivity index (χ1n) is 7.49. The highest BCUT2D eigenvalue weighted by molar-refractivity contribution is 6.33. The summed E-state index contributed by atoms with van der Waals surface area (Å²) in [5.41, 5.74) is 1.80. The number of hydrogen-bond acceptors (Lipinski definition) is 4. The topological polar surface area (TPSA) is 66.9 Å². The molecule has 7 heteroatoms. The van der Waals surface area contributed by atoms with Gasteiger partial charge in [0.15, 0.2) is 0 Å². The first-order chi connectivity index (χ1) is 12.1. The highest BCUT2D eigenvalue weighted by atomic mass is 35.5. The molecule has 3 rings (SSSR count). The predicted molar refractivity (Wildman–Crippen MR) is 100 cm³/mol. The van der Waals surface area contributed by atoms with Crippen LogP contribution >= 0.6 is 23.2 Å². The Bertz CT molecular complexity index is 884. The molecule has 0 aliphatic rings. The molecular formula is C18H14Cl2N4O. The maximum absolute atomic E-state index is 12.3. The van der Waals surface area contributed by atoms with E-state index >= 15 is 0 Å². The Morgan fingerprint density at radius 1 is 1.00 bits per heavy atom. The largest absolute Gasteiger partial charge is 0.350 e. The smallest absolute Gasteiger partial charge is 0.274 e. The van der Waals surface area contributed by atoms with E-state index in [-0.39, 0.29) is 11.6 Å². The van der Waals surface area contributed by atoms with Crippen LogP contribution in [-0.4, -0.2) is 15.9 Å². The second-order valence-corrected chi connectivity index (χ2v) is 6.02. The number of nitrogens with one attached hydrogen (secondary N) is 2. The molecular weight excluding hydrogens is 359 g/mol. The van der Waals surface area contributed by atoms with E-state index in [9.17, 15) is 4.79 Å². The van der Waals surface area contributed by atoms with Crippen LogP contribution in [0.4, 0.5) is 11.6 Å². The molecule has 0 saturated heterocycles. The molecule has 3 aromatic rings. The summed E-state index contributed by atoms with van der Waals surface area (Å²) in [7, 11) is 0. The predicted octanol–water partition coefficient (Wildman–Crippen LogP) is 4.65. The second-order valence-electron chi connectivity index (χ2n) is 5.18. The average Bonchev–Trinajstić information content (AvgIpc) is 2.63. The zero-order valence-corrected chi connectivity index (χ0v) is 14.6. The van der Waals surface area contributed by atoms with E-state index in [0.717, 1.165) is 5.56 Å². The van der Waals surface area contributed by atoms with Gasteiger partial charge >= 0.3 is 0 Å². The van der Waals surface area contributed by atoms with Gasteiger partial charge in [-0.2, -0.15) is 0 Å². The maximum atomic E-state index is 12.3. The maximum Gasteiger partial charge on any atom is 0.274 e. The quantitative estimate of drug-likeness (QED) is 0.683. The second kappa shape index (κ2) is 7.96. The molecule has 0 bridgehead atoms. The summed E-state index contributed by atoms with van der Waals surface area (Å²) in [6.45, 7) is 0.521. The molecule has 2 aromatic carbocycles. The number of hydrogen-bond donors (Lipinski definition) is 2. The number of anilines is 2. The fourth-order valence-corrected chi connectivity index (χ4v) is 2.41. The van der Waals surface area contributed by atoms with E-state index in [0.29, 0.717) is 28.2 Å². The number of benzene rings is 2. The van der Waals surface area contributed by atoms with Crippen LogP contribution in [0.5, 0.6) is 0 Å². The molecule has 1 heterocycles. The summed E-state index contributed by atoms with van der Waals surface area (Å²) in [4.78, 5) is 20.7. The Morgan fingerprint density at radius 2 is 1.76 bits per heavy atom. The lowest BCUT2D eigenvalue weighted by Crippen LogP contribution is -2.15. The first kappa shape index (κ1) is 17.2.